The molecule has 4 rings (SSSR count). The number of carbonyl (C=O) groups is 3. The van der Waals surface area contributed by atoms with Gasteiger partial charge in [0.15, 0.2) is 0 Å². The average Bonchev–Trinajstić information content (AvgIpc) is 3.28. The topological polar surface area (TPSA) is 105 Å². The van der Waals surface area contributed by atoms with Crippen molar-refractivity contribution in [2.75, 3.05) is 18.5 Å². The van der Waals surface area contributed by atoms with Gasteiger partial charge in [-0.05, 0) is 56.9 Å². The number of carbonyl (C=O) groups excluding carboxylic acids is 3. The number of aliphatic hydroxyl groups is 1. The van der Waals surface area contributed by atoms with Crippen LogP contribution >= 0.6 is 11.6 Å². The van der Waals surface area contributed by atoms with Crippen LogP contribution in [0.3, 0.4) is 0 Å². The maximum Gasteiger partial charge on any atom is 0.312 e. The first-order valence-electron chi connectivity index (χ1n) is 11.5. The molecular weight excluding hydrogens is 448 g/mol. The van der Waals surface area contributed by atoms with E-state index in [0.29, 0.717) is 23.6 Å². The minimum atomic E-state index is -1.18. The van der Waals surface area contributed by atoms with E-state index in [-0.39, 0.29) is 25.0 Å². The van der Waals surface area contributed by atoms with Crippen molar-refractivity contribution < 1.29 is 29.0 Å². The third-order valence-corrected chi connectivity index (χ3v) is 7.98. The van der Waals surface area contributed by atoms with E-state index in [4.69, 9.17) is 21.1 Å². The number of likely N-dealkylation sites (tertiary alicyclic amines) is 1. The van der Waals surface area contributed by atoms with Gasteiger partial charge in [-0.25, -0.2) is 0 Å². The van der Waals surface area contributed by atoms with Crippen LogP contribution in [0.4, 0.5) is 5.69 Å². The number of benzene rings is 1. The van der Waals surface area contributed by atoms with Gasteiger partial charge in [-0.1, -0.05) is 25.4 Å². The summed E-state index contributed by atoms with van der Waals surface area (Å²) < 4.78 is 11.9. The largest absolute Gasteiger partial charge is 0.466 e. The molecule has 0 radical (unpaired) electrons. The lowest BCUT2D eigenvalue weighted by atomic mass is 9.62. The summed E-state index contributed by atoms with van der Waals surface area (Å²) in [5.74, 6) is -2.99. The molecule has 8 nitrogen and oxygen atoms in total. The minimum absolute atomic E-state index is 0.0732. The molecule has 3 fully saturated rings. The number of nitrogens with zero attached hydrogens (tertiary/aromatic N) is 1. The molecule has 9 heteroatoms. The van der Waals surface area contributed by atoms with Gasteiger partial charge in [0.1, 0.15) is 17.6 Å². The first-order chi connectivity index (χ1) is 15.6. The Hall–Kier alpha value is -2.16. The Labute approximate surface area is 198 Å². The van der Waals surface area contributed by atoms with Crippen LogP contribution in [0.15, 0.2) is 24.3 Å². The van der Waals surface area contributed by atoms with Crippen LogP contribution in [-0.2, 0) is 23.9 Å². The van der Waals surface area contributed by atoms with E-state index in [9.17, 15) is 19.5 Å². The molecule has 3 aliphatic heterocycles. The maximum atomic E-state index is 13.8. The van der Waals surface area contributed by atoms with Gasteiger partial charge < -0.3 is 24.8 Å². The summed E-state index contributed by atoms with van der Waals surface area (Å²) in [6, 6.07) is 5.11. The summed E-state index contributed by atoms with van der Waals surface area (Å²) >= 11 is 5.97. The van der Waals surface area contributed by atoms with Gasteiger partial charge >= 0.3 is 5.97 Å². The first kappa shape index (κ1) is 24.0. The molecule has 0 aliphatic carbocycles. The Balaban J connectivity index is 1.79. The van der Waals surface area contributed by atoms with E-state index >= 15 is 0 Å². The first-order valence-corrected chi connectivity index (χ1v) is 11.9. The van der Waals surface area contributed by atoms with Crippen LogP contribution in [0.2, 0.25) is 5.02 Å². The van der Waals surface area contributed by atoms with Gasteiger partial charge in [0.05, 0.1) is 30.8 Å². The van der Waals surface area contributed by atoms with Gasteiger partial charge in [0.2, 0.25) is 11.8 Å². The quantitative estimate of drug-likeness (QED) is 0.584. The van der Waals surface area contributed by atoms with Crippen molar-refractivity contribution in [3.05, 3.63) is 29.3 Å². The lowest BCUT2D eigenvalue weighted by molar-refractivity contribution is -0.161. The Bertz CT molecular complexity index is 951. The second kappa shape index (κ2) is 8.56. The number of nitrogens with one attached hydrogen (secondary N) is 1. The summed E-state index contributed by atoms with van der Waals surface area (Å²) in [7, 11) is 0. The van der Waals surface area contributed by atoms with Crippen molar-refractivity contribution in [3.63, 3.8) is 0 Å². The van der Waals surface area contributed by atoms with E-state index < -0.39 is 47.0 Å². The van der Waals surface area contributed by atoms with Gasteiger partial charge in [0, 0.05) is 10.7 Å². The Kier molecular flexibility index (Phi) is 6.22. The van der Waals surface area contributed by atoms with Crippen LogP contribution in [-0.4, -0.2) is 64.3 Å². The zero-order valence-electron chi connectivity index (χ0n) is 19.3. The molecule has 1 aromatic carbocycles. The van der Waals surface area contributed by atoms with Crippen molar-refractivity contribution in [2.24, 2.45) is 17.8 Å². The lowest BCUT2D eigenvalue weighted by Gasteiger charge is -2.36. The van der Waals surface area contributed by atoms with Gasteiger partial charge in [-0.2, -0.15) is 0 Å². The Morgan fingerprint density at radius 1 is 1.33 bits per heavy atom. The fourth-order valence-electron chi connectivity index (χ4n) is 6.12. The molecule has 2 amide bonds. The van der Waals surface area contributed by atoms with E-state index in [1.54, 1.807) is 31.2 Å². The van der Waals surface area contributed by atoms with Crippen molar-refractivity contribution in [2.45, 2.75) is 63.8 Å². The number of fused-ring (bicyclic) bond motifs is 1. The standard InChI is InChI=1S/C24H31ClN2O6/c1-5-16(12-28)27-19(20(29)26-15-9-7-14(25)8-10-15)24-11-13(3)23(4,33-24)18(17(24)21(27)30)22(31)32-6-2/h7-10,13,16-19,28H,5-6,11-12H2,1-4H3,(H,26,29)/t13?,16-,17-,18+,19?,23-,24?/m0/s1. The van der Waals surface area contributed by atoms with Gasteiger partial charge in [-0.3, -0.25) is 14.4 Å². The average molecular weight is 479 g/mol. The number of anilines is 1. The highest BCUT2D eigenvalue weighted by atomic mass is 35.5. The third-order valence-electron chi connectivity index (χ3n) is 7.73. The highest BCUT2D eigenvalue weighted by Gasteiger charge is 2.80. The second-order valence-electron chi connectivity index (χ2n) is 9.44. The summed E-state index contributed by atoms with van der Waals surface area (Å²) in [5, 5.41) is 13.5. The predicted molar refractivity (Wildman–Crippen MR) is 121 cm³/mol. The maximum absolute atomic E-state index is 13.8. The number of hydrogen-bond donors (Lipinski definition) is 2. The van der Waals surface area contributed by atoms with Gasteiger partial charge in [0.25, 0.3) is 0 Å². The molecule has 3 heterocycles. The number of rotatable bonds is 7. The van der Waals surface area contributed by atoms with Crippen molar-refractivity contribution in [3.8, 4) is 0 Å². The summed E-state index contributed by atoms with van der Waals surface area (Å²) in [4.78, 5) is 42.0. The normalized spacial score (nSPS) is 35.5. The Morgan fingerprint density at radius 3 is 2.58 bits per heavy atom. The molecule has 2 N–H and O–H groups in total. The van der Waals surface area contributed by atoms with Crippen molar-refractivity contribution in [1.82, 2.24) is 4.90 Å². The van der Waals surface area contributed by atoms with Crippen LogP contribution in [0.25, 0.3) is 0 Å². The third kappa shape index (κ3) is 3.45. The second-order valence-corrected chi connectivity index (χ2v) is 9.88. The fraction of sp³-hybridized carbons (Fsp3) is 0.625. The van der Waals surface area contributed by atoms with Crippen molar-refractivity contribution in [1.29, 1.82) is 0 Å². The molecule has 3 aliphatic rings. The molecule has 1 aromatic rings. The van der Waals surface area contributed by atoms with Gasteiger partial charge in [-0.15, -0.1) is 0 Å². The van der Waals surface area contributed by atoms with Crippen molar-refractivity contribution >= 4 is 35.1 Å². The number of halogens is 1. The van der Waals surface area contributed by atoms with E-state index in [1.807, 2.05) is 20.8 Å². The molecule has 7 atom stereocenters. The van der Waals surface area contributed by atoms with Crippen LogP contribution < -0.4 is 5.32 Å². The fourth-order valence-corrected chi connectivity index (χ4v) is 6.24. The number of hydrogen-bond acceptors (Lipinski definition) is 6. The zero-order chi connectivity index (χ0) is 24.1. The van der Waals surface area contributed by atoms with Crippen LogP contribution in [0.1, 0.15) is 40.5 Å². The Morgan fingerprint density at radius 2 is 2.00 bits per heavy atom. The highest BCUT2D eigenvalue weighted by molar-refractivity contribution is 6.30. The monoisotopic (exact) mass is 478 g/mol. The van der Waals surface area contributed by atoms with E-state index in [1.165, 1.54) is 4.90 Å². The lowest BCUT2D eigenvalue weighted by Crippen LogP contribution is -2.56. The molecular formula is C24H31ClN2O6. The molecule has 3 saturated heterocycles. The molecule has 0 saturated carbocycles. The highest BCUT2D eigenvalue weighted by Crippen LogP contribution is 2.65. The smallest absolute Gasteiger partial charge is 0.312 e. The SMILES string of the molecule is CCOC(=O)[C@H]1[C@H]2C(=O)N([C@@H](CC)CO)C(C(=O)Nc3ccc(Cl)cc3)C23CC(C)[C@]1(C)O3. The number of ether oxygens (including phenoxy) is 2. The number of aliphatic hydroxyl groups excluding tert-OH is 1. The molecule has 0 aromatic heterocycles. The number of amides is 2. The van der Waals surface area contributed by atoms with Crippen LogP contribution in [0.5, 0.6) is 0 Å². The molecule has 180 valence electrons. The summed E-state index contributed by atoms with van der Waals surface area (Å²) in [6.07, 6.45) is 0.902. The van der Waals surface area contributed by atoms with Crippen LogP contribution in [0, 0.1) is 17.8 Å². The molecule has 3 unspecified atom stereocenters. The molecule has 1 spiro atoms. The summed E-state index contributed by atoms with van der Waals surface area (Å²) in [5.41, 5.74) is -1.57. The zero-order valence-corrected chi connectivity index (χ0v) is 20.1. The number of esters is 1. The summed E-state index contributed by atoms with van der Waals surface area (Å²) in [6.45, 7) is 7.26. The molecule has 2 bridgehead atoms. The predicted octanol–water partition coefficient (Wildman–Crippen LogP) is 2.62. The van der Waals surface area contributed by atoms with E-state index in [2.05, 4.69) is 5.32 Å². The minimum Gasteiger partial charge on any atom is -0.466 e. The molecule has 33 heavy (non-hydrogen) atoms. The van der Waals surface area contributed by atoms with E-state index in [0.717, 1.165) is 0 Å².